The van der Waals surface area contributed by atoms with Crippen molar-refractivity contribution in [1.82, 2.24) is 10.9 Å². The van der Waals surface area contributed by atoms with E-state index < -0.39 is 11.8 Å². The number of nitrogens with one attached hydrogen (secondary N) is 2. The number of carbonyl (C=O) groups is 2. The number of nitrogen functional groups attached to an aromatic ring is 2. The molecule has 0 atom stereocenters. The Bertz CT molecular complexity index is 1290. The third-order valence-electron chi connectivity index (χ3n) is 5.21. The van der Waals surface area contributed by atoms with Gasteiger partial charge in [0, 0.05) is 33.6 Å². The van der Waals surface area contributed by atoms with Crippen molar-refractivity contribution in [2.45, 2.75) is 0 Å². The molecular weight excluding hydrogens is 452 g/mol. The van der Waals surface area contributed by atoms with Crippen LogP contribution in [0.25, 0.3) is 0 Å². The molecule has 4 aromatic rings. The van der Waals surface area contributed by atoms with Gasteiger partial charge in [-0.05, 0) is 24.3 Å². The number of nitrogens with two attached hydrogens (primary N) is 2. The van der Waals surface area contributed by atoms with Crippen molar-refractivity contribution >= 4 is 34.6 Å². The van der Waals surface area contributed by atoms with E-state index in [4.69, 9.17) is 11.5 Å². The summed E-state index contributed by atoms with van der Waals surface area (Å²) in [5.74, 6) is -1.93. The molecule has 0 aliphatic heterocycles. The fourth-order valence-corrected chi connectivity index (χ4v) is 3.38. The molecule has 8 nitrogen and oxygen atoms in total. The quantitative estimate of drug-likeness (QED) is 0.147. The van der Waals surface area contributed by atoms with Crippen LogP contribution in [0.15, 0.2) is 119 Å². The first kappa shape index (κ1) is 23.9. The molecule has 0 bridgehead atoms. The molecule has 8 heteroatoms. The molecule has 6 N–H and O–H groups in total. The number of hydrogen-bond acceptors (Lipinski definition) is 6. The number of amides is 2. The Morgan fingerprint density at radius 2 is 0.778 bits per heavy atom. The van der Waals surface area contributed by atoms with Crippen LogP contribution in [0.3, 0.4) is 0 Å². The molecule has 0 radical (unpaired) electrons. The van der Waals surface area contributed by atoms with Gasteiger partial charge < -0.3 is 11.5 Å². The lowest BCUT2D eigenvalue weighted by molar-refractivity contribution is -0.139. The number of carbonyl (C=O) groups excluding carboxylic acids is 2. The first-order valence-electron chi connectivity index (χ1n) is 11.1. The minimum Gasteiger partial charge on any atom is -0.399 e. The molecule has 0 heterocycles. The highest BCUT2D eigenvalue weighted by molar-refractivity contribution is 6.35. The minimum atomic E-state index is -0.965. The zero-order valence-electron chi connectivity index (χ0n) is 19.3. The van der Waals surface area contributed by atoms with Crippen molar-refractivity contribution in [3.8, 4) is 0 Å². The van der Waals surface area contributed by atoms with Crippen LogP contribution in [0.1, 0.15) is 22.3 Å². The number of rotatable bonds is 6. The molecule has 0 aliphatic carbocycles. The van der Waals surface area contributed by atoms with Gasteiger partial charge in [-0.15, -0.1) is 0 Å². The van der Waals surface area contributed by atoms with Crippen LogP contribution in [-0.2, 0) is 9.59 Å². The van der Waals surface area contributed by atoms with Crippen molar-refractivity contribution in [3.63, 3.8) is 0 Å². The maximum Gasteiger partial charge on any atom is 0.331 e. The van der Waals surface area contributed by atoms with Crippen molar-refractivity contribution < 1.29 is 9.59 Å². The highest BCUT2D eigenvalue weighted by Gasteiger charge is 2.15. The van der Waals surface area contributed by atoms with E-state index in [1.165, 1.54) is 0 Å². The van der Waals surface area contributed by atoms with E-state index in [2.05, 4.69) is 21.1 Å². The second kappa shape index (κ2) is 11.3. The first-order chi connectivity index (χ1) is 17.5. The van der Waals surface area contributed by atoms with Crippen molar-refractivity contribution in [1.29, 1.82) is 0 Å². The number of benzene rings is 4. The summed E-state index contributed by atoms with van der Waals surface area (Å²) in [5.41, 5.74) is 21.4. The highest BCUT2D eigenvalue weighted by atomic mass is 16.2. The summed E-state index contributed by atoms with van der Waals surface area (Å²) in [6, 6.07) is 32.7. The van der Waals surface area contributed by atoms with Gasteiger partial charge in [0.05, 0.1) is 11.4 Å². The third kappa shape index (κ3) is 6.00. The van der Waals surface area contributed by atoms with E-state index in [1.807, 2.05) is 60.7 Å². The van der Waals surface area contributed by atoms with E-state index >= 15 is 0 Å². The summed E-state index contributed by atoms with van der Waals surface area (Å²) < 4.78 is 0. The van der Waals surface area contributed by atoms with Crippen LogP contribution in [0, 0.1) is 0 Å². The molecule has 4 rings (SSSR count). The monoisotopic (exact) mass is 476 g/mol. The summed E-state index contributed by atoms with van der Waals surface area (Å²) in [4.78, 5) is 25.1. The second-order valence-electron chi connectivity index (χ2n) is 7.78. The van der Waals surface area contributed by atoms with Gasteiger partial charge in [-0.2, -0.15) is 10.2 Å². The molecule has 0 aromatic heterocycles. The van der Waals surface area contributed by atoms with Crippen molar-refractivity contribution in [2.75, 3.05) is 11.5 Å². The predicted molar refractivity (Wildman–Crippen MR) is 142 cm³/mol. The molecule has 0 saturated heterocycles. The van der Waals surface area contributed by atoms with Gasteiger partial charge in [0.2, 0.25) is 0 Å². The van der Waals surface area contributed by atoms with Gasteiger partial charge in [0.25, 0.3) is 0 Å². The number of hydrogen-bond donors (Lipinski definition) is 4. The Balaban J connectivity index is 1.55. The van der Waals surface area contributed by atoms with Crippen LogP contribution >= 0.6 is 0 Å². The fraction of sp³-hybridized carbons (Fsp3) is 0. The number of hydrazone groups is 2. The Morgan fingerprint density at radius 3 is 1.11 bits per heavy atom. The average molecular weight is 477 g/mol. The Kier molecular flexibility index (Phi) is 7.47. The summed E-state index contributed by atoms with van der Waals surface area (Å²) in [6.07, 6.45) is 0. The summed E-state index contributed by atoms with van der Waals surface area (Å²) in [7, 11) is 0. The Labute approximate surface area is 208 Å². The van der Waals surface area contributed by atoms with Crippen LogP contribution in [0.2, 0.25) is 0 Å². The maximum atomic E-state index is 12.6. The van der Waals surface area contributed by atoms with E-state index in [1.54, 1.807) is 48.5 Å². The lowest BCUT2D eigenvalue weighted by atomic mass is 10.0. The topological polar surface area (TPSA) is 135 Å². The van der Waals surface area contributed by atoms with Crippen LogP contribution in [0.4, 0.5) is 11.4 Å². The molecule has 0 saturated carbocycles. The van der Waals surface area contributed by atoms with Gasteiger partial charge in [0.1, 0.15) is 0 Å². The average Bonchev–Trinajstić information content (AvgIpc) is 2.92. The van der Waals surface area contributed by atoms with E-state index in [0.29, 0.717) is 22.8 Å². The van der Waals surface area contributed by atoms with Gasteiger partial charge in [-0.1, -0.05) is 84.9 Å². The maximum absolute atomic E-state index is 12.6. The van der Waals surface area contributed by atoms with E-state index in [0.717, 1.165) is 22.3 Å². The van der Waals surface area contributed by atoms with E-state index in [-0.39, 0.29) is 0 Å². The molecule has 178 valence electrons. The molecule has 0 spiro atoms. The smallest absolute Gasteiger partial charge is 0.331 e. The van der Waals surface area contributed by atoms with E-state index in [9.17, 15) is 9.59 Å². The van der Waals surface area contributed by atoms with Gasteiger partial charge in [0.15, 0.2) is 0 Å². The zero-order valence-corrected chi connectivity index (χ0v) is 19.3. The lowest BCUT2D eigenvalue weighted by Gasteiger charge is -2.09. The molecule has 0 fully saturated rings. The Morgan fingerprint density at radius 1 is 0.472 bits per heavy atom. The zero-order chi connectivity index (χ0) is 25.3. The summed E-state index contributed by atoms with van der Waals surface area (Å²) in [5, 5.41) is 8.44. The molecule has 0 unspecified atom stereocenters. The van der Waals surface area contributed by atoms with Gasteiger partial charge in [-0.3, -0.25) is 9.59 Å². The second-order valence-corrected chi connectivity index (χ2v) is 7.78. The molecule has 36 heavy (non-hydrogen) atoms. The predicted octanol–water partition coefficient (Wildman–Crippen LogP) is 3.29. The number of anilines is 2. The Hall–Kier alpha value is -5.24. The SMILES string of the molecule is Nc1ccc(/C(=N\NC(=O)C(=O)N/N=C(\c2ccccc2)c2ccc(N)cc2)c2ccccc2)cc1. The van der Waals surface area contributed by atoms with Crippen LogP contribution in [-0.4, -0.2) is 23.2 Å². The standard InChI is InChI=1S/C28H24N6O2/c29-23-15-11-21(12-16-23)25(19-7-3-1-4-8-19)31-33-27(35)28(36)34-32-26(20-9-5-2-6-10-20)22-13-17-24(30)18-14-22/h1-18H,29-30H2,(H,33,35)(H,34,36)/b31-25-,32-26+. The van der Waals surface area contributed by atoms with Crippen molar-refractivity contribution in [3.05, 3.63) is 131 Å². The lowest BCUT2D eigenvalue weighted by Crippen LogP contribution is -2.36. The normalized spacial score (nSPS) is 11.6. The fourth-order valence-electron chi connectivity index (χ4n) is 3.38. The first-order valence-corrected chi connectivity index (χ1v) is 11.1. The summed E-state index contributed by atoms with van der Waals surface area (Å²) in [6.45, 7) is 0. The minimum absolute atomic E-state index is 0.479. The molecule has 4 aromatic carbocycles. The van der Waals surface area contributed by atoms with Crippen LogP contribution < -0.4 is 22.3 Å². The molecular formula is C28H24N6O2. The third-order valence-corrected chi connectivity index (χ3v) is 5.21. The molecule has 0 aliphatic rings. The molecule has 2 amide bonds. The highest BCUT2D eigenvalue weighted by Crippen LogP contribution is 2.14. The van der Waals surface area contributed by atoms with Gasteiger partial charge >= 0.3 is 11.8 Å². The van der Waals surface area contributed by atoms with Crippen molar-refractivity contribution in [2.24, 2.45) is 10.2 Å². The number of nitrogens with zero attached hydrogens (tertiary/aromatic N) is 2. The largest absolute Gasteiger partial charge is 0.399 e. The van der Waals surface area contributed by atoms with Crippen LogP contribution in [0.5, 0.6) is 0 Å². The van der Waals surface area contributed by atoms with Gasteiger partial charge in [-0.25, -0.2) is 10.9 Å². The summed E-state index contributed by atoms with van der Waals surface area (Å²) >= 11 is 0.